The third-order valence-corrected chi connectivity index (χ3v) is 5.83. The van der Waals surface area contributed by atoms with E-state index >= 15 is 0 Å². The Labute approximate surface area is 180 Å². The molecule has 0 unspecified atom stereocenters. The van der Waals surface area contributed by atoms with E-state index in [0.717, 1.165) is 5.69 Å². The smallest absolute Gasteiger partial charge is 0.0431 e. The van der Waals surface area contributed by atoms with Gasteiger partial charge in [-0.25, -0.2) is 0 Å². The summed E-state index contributed by atoms with van der Waals surface area (Å²) in [6.45, 7) is 27.3. The highest BCUT2D eigenvalue weighted by Crippen LogP contribution is 2.42. The van der Waals surface area contributed by atoms with E-state index in [4.69, 9.17) is 5.73 Å². The molecule has 0 aromatic heterocycles. The van der Waals surface area contributed by atoms with Crippen molar-refractivity contribution in [2.75, 3.05) is 5.73 Å². The first-order chi connectivity index (χ1) is 12.8. The maximum Gasteiger partial charge on any atom is 0.0431 e. The Morgan fingerprint density at radius 3 is 1.21 bits per heavy atom. The number of hydrogen-bond donors (Lipinski definition) is 1. The summed E-state index contributed by atoms with van der Waals surface area (Å²) in [6.07, 6.45) is 0. The minimum Gasteiger partial charge on any atom is -0.398 e. The van der Waals surface area contributed by atoms with Crippen molar-refractivity contribution in [1.29, 1.82) is 0 Å². The van der Waals surface area contributed by atoms with E-state index in [2.05, 4.69) is 113 Å². The molecule has 160 valence electrons. The molecular weight excluding hydrogens is 350 g/mol. The van der Waals surface area contributed by atoms with Gasteiger partial charge in [-0.2, -0.15) is 0 Å². The van der Waals surface area contributed by atoms with Crippen LogP contribution < -0.4 is 5.73 Å². The van der Waals surface area contributed by atoms with Crippen LogP contribution in [0.1, 0.15) is 105 Å². The molecule has 0 aliphatic rings. The van der Waals surface area contributed by atoms with Crippen molar-refractivity contribution in [1.82, 2.24) is 0 Å². The Bertz CT molecular complexity index is 856. The van der Waals surface area contributed by atoms with Gasteiger partial charge in [-0.05, 0) is 55.5 Å². The molecule has 0 atom stereocenters. The van der Waals surface area contributed by atoms with E-state index in [-0.39, 0.29) is 21.7 Å². The van der Waals surface area contributed by atoms with Crippen LogP contribution in [0.3, 0.4) is 0 Å². The largest absolute Gasteiger partial charge is 0.398 e. The third kappa shape index (κ3) is 5.24. The fraction of sp³-hybridized carbons (Fsp3) is 0.571. The molecular formula is C28H43N. The second-order valence-corrected chi connectivity index (χ2v) is 12.8. The summed E-state index contributed by atoms with van der Waals surface area (Å²) in [5.74, 6) is 0. The highest BCUT2D eigenvalue weighted by molar-refractivity contribution is 5.81. The zero-order valence-corrected chi connectivity index (χ0v) is 21.0. The van der Waals surface area contributed by atoms with Crippen LogP contribution in [0.15, 0.2) is 30.3 Å². The Morgan fingerprint density at radius 1 is 0.483 bits per heavy atom. The van der Waals surface area contributed by atoms with Crippen LogP contribution >= 0.6 is 0 Å². The Balaban J connectivity index is 2.93. The normalized spacial score (nSPS) is 13.7. The molecule has 1 heteroatoms. The van der Waals surface area contributed by atoms with E-state index in [0.29, 0.717) is 0 Å². The molecule has 2 N–H and O–H groups in total. The Hall–Kier alpha value is -1.76. The summed E-state index contributed by atoms with van der Waals surface area (Å²) in [7, 11) is 0. The lowest BCUT2D eigenvalue weighted by atomic mass is 9.75. The zero-order valence-electron chi connectivity index (χ0n) is 21.0. The lowest BCUT2D eigenvalue weighted by Gasteiger charge is -2.30. The predicted molar refractivity (Wildman–Crippen MR) is 131 cm³/mol. The fourth-order valence-electron chi connectivity index (χ4n) is 3.59. The number of nitrogen functional groups attached to an aromatic ring is 1. The van der Waals surface area contributed by atoms with Crippen molar-refractivity contribution in [2.45, 2.75) is 105 Å². The summed E-state index contributed by atoms with van der Waals surface area (Å²) in [4.78, 5) is 0. The maximum atomic E-state index is 6.83. The lowest BCUT2D eigenvalue weighted by molar-refractivity contribution is 0.567. The number of benzene rings is 2. The first kappa shape index (κ1) is 23.5. The molecule has 0 aliphatic carbocycles. The lowest BCUT2D eigenvalue weighted by Crippen LogP contribution is -2.19. The van der Waals surface area contributed by atoms with Crippen LogP contribution in [0.2, 0.25) is 0 Å². The number of nitrogens with two attached hydrogens (primary N) is 1. The molecule has 2 rings (SSSR count). The van der Waals surface area contributed by atoms with E-state index in [1.165, 1.54) is 33.4 Å². The monoisotopic (exact) mass is 393 g/mol. The van der Waals surface area contributed by atoms with Crippen molar-refractivity contribution in [3.8, 4) is 11.1 Å². The minimum absolute atomic E-state index is 0.00537. The van der Waals surface area contributed by atoms with Crippen LogP contribution in [0.4, 0.5) is 5.69 Å². The Kier molecular flexibility index (Phi) is 5.83. The van der Waals surface area contributed by atoms with E-state index in [1.54, 1.807) is 0 Å². The molecule has 0 saturated heterocycles. The summed E-state index contributed by atoms with van der Waals surface area (Å²) in [5, 5.41) is 0. The first-order valence-corrected chi connectivity index (χ1v) is 10.9. The number of anilines is 1. The van der Waals surface area contributed by atoms with Crippen molar-refractivity contribution in [2.24, 2.45) is 0 Å². The molecule has 0 bridgehead atoms. The highest BCUT2D eigenvalue weighted by atomic mass is 14.6. The van der Waals surface area contributed by atoms with Gasteiger partial charge in [0.1, 0.15) is 0 Å². The number of hydrogen-bond acceptors (Lipinski definition) is 1. The molecule has 2 aromatic rings. The average Bonchev–Trinajstić information content (AvgIpc) is 2.50. The van der Waals surface area contributed by atoms with Gasteiger partial charge in [0.2, 0.25) is 0 Å². The van der Waals surface area contributed by atoms with Gasteiger partial charge in [0.15, 0.2) is 0 Å². The van der Waals surface area contributed by atoms with Crippen molar-refractivity contribution in [3.63, 3.8) is 0 Å². The fourth-order valence-corrected chi connectivity index (χ4v) is 3.59. The van der Waals surface area contributed by atoms with Crippen LogP contribution in [-0.4, -0.2) is 0 Å². The molecule has 1 nitrogen and oxygen atoms in total. The highest BCUT2D eigenvalue weighted by Gasteiger charge is 2.26. The first-order valence-electron chi connectivity index (χ1n) is 10.9. The van der Waals surface area contributed by atoms with Crippen LogP contribution in [0.5, 0.6) is 0 Å². The van der Waals surface area contributed by atoms with Crippen LogP contribution in [0.25, 0.3) is 11.1 Å². The van der Waals surface area contributed by atoms with E-state index in [1.807, 2.05) is 0 Å². The number of rotatable bonds is 1. The quantitative estimate of drug-likeness (QED) is 0.486. The van der Waals surface area contributed by atoms with Gasteiger partial charge in [-0.3, -0.25) is 0 Å². The molecule has 0 aliphatic heterocycles. The topological polar surface area (TPSA) is 26.0 Å². The predicted octanol–water partition coefficient (Wildman–Crippen LogP) is 8.13. The molecule has 0 radical (unpaired) electrons. The van der Waals surface area contributed by atoms with Crippen molar-refractivity contribution in [3.05, 3.63) is 52.6 Å². The molecule has 0 saturated carbocycles. The van der Waals surface area contributed by atoms with Gasteiger partial charge in [0, 0.05) is 11.3 Å². The summed E-state index contributed by atoms with van der Waals surface area (Å²) >= 11 is 0. The average molecular weight is 394 g/mol. The molecule has 0 fully saturated rings. The SMILES string of the molecule is CC(C)(C)c1cc(-c2cc(C(C)(C)C)cc(C(C)(C)C)c2N)cc(C(C)(C)C)c1. The van der Waals surface area contributed by atoms with Crippen molar-refractivity contribution < 1.29 is 0 Å². The zero-order chi connectivity index (χ0) is 22.6. The standard InChI is InChI=1S/C28H43N/c1-25(2,3)19-13-18(14-20(15-19)26(4,5)6)22-16-21(27(7,8)9)17-23(24(22)29)28(10,11)12/h13-17H,29H2,1-12H3. The molecule has 0 heterocycles. The van der Waals surface area contributed by atoms with Gasteiger partial charge >= 0.3 is 0 Å². The third-order valence-electron chi connectivity index (χ3n) is 5.83. The van der Waals surface area contributed by atoms with Crippen LogP contribution in [0, 0.1) is 0 Å². The minimum atomic E-state index is -0.00537. The Morgan fingerprint density at radius 2 is 0.862 bits per heavy atom. The van der Waals surface area contributed by atoms with Crippen molar-refractivity contribution >= 4 is 5.69 Å². The second kappa shape index (κ2) is 7.18. The summed E-state index contributed by atoms with van der Waals surface area (Å²) in [5.41, 5.74) is 15.7. The molecule has 29 heavy (non-hydrogen) atoms. The van der Waals surface area contributed by atoms with E-state index in [9.17, 15) is 0 Å². The van der Waals surface area contributed by atoms with Gasteiger partial charge in [-0.15, -0.1) is 0 Å². The molecule has 0 amide bonds. The van der Waals surface area contributed by atoms with E-state index < -0.39 is 0 Å². The van der Waals surface area contributed by atoms with Gasteiger partial charge in [0.25, 0.3) is 0 Å². The van der Waals surface area contributed by atoms with Gasteiger partial charge in [-0.1, -0.05) is 107 Å². The second-order valence-electron chi connectivity index (χ2n) is 12.8. The van der Waals surface area contributed by atoms with Gasteiger partial charge < -0.3 is 5.73 Å². The van der Waals surface area contributed by atoms with Gasteiger partial charge in [0.05, 0.1) is 0 Å². The summed E-state index contributed by atoms with van der Waals surface area (Å²) < 4.78 is 0. The molecule has 0 spiro atoms. The maximum absolute atomic E-state index is 6.83. The molecule has 2 aromatic carbocycles. The summed E-state index contributed by atoms with van der Waals surface area (Å²) in [6, 6.07) is 11.7. The van der Waals surface area contributed by atoms with Crippen LogP contribution in [-0.2, 0) is 21.7 Å².